The summed E-state index contributed by atoms with van der Waals surface area (Å²) in [5.74, 6) is -0.646. The highest BCUT2D eigenvalue weighted by atomic mass is 35.5. The molecule has 1 N–H and O–H groups in total. The van der Waals surface area contributed by atoms with E-state index in [1.165, 1.54) is 17.8 Å². The van der Waals surface area contributed by atoms with Crippen molar-refractivity contribution in [3.05, 3.63) is 70.1 Å². The molecule has 2 aromatic carbocycles. The van der Waals surface area contributed by atoms with Crippen LogP contribution in [0.15, 0.2) is 64.4 Å². The molecular formula is C20H16ClN3O2S. The summed E-state index contributed by atoms with van der Waals surface area (Å²) in [6.45, 7) is 0.557. The van der Waals surface area contributed by atoms with Crippen LogP contribution in [0.5, 0.6) is 0 Å². The second kappa shape index (κ2) is 8.76. The van der Waals surface area contributed by atoms with Crippen LogP contribution in [-0.4, -0.2) is 18.4 Å². The lowest BCUT2D eigenvalue weighted by Crippen LogP contribution is -2.34. The van der Waals surface area contributed by atoms with Crippen LogP contribution < -0.4 is 10.2 Å². The summed E-state index contributed by atoms with van der Waals surface area (Å²) in [5.41, 5.74) is 1.61. The molecule has 3 rings (SSSR count). The molecule has 27 heavy (non-hydrogen) atoms. The molecule has 0 fully saturated rings. The van der Waals surface area contributed by atoms with Crippen molar-refractivity contribution < 1.29 is 9.59 Å². The Labute approximate surface area is 166 Å². The average molecular weight is 398 g/mol. The fourth-order valence-electron chi connectivity index (χ4n) is 2.63. The molecule has 1 aliphatic heterocycles. The number of nitrogens with one attached hydrogen (secondary N) is 1. The van der Waals surface area contributed by atoms with Gasteiger partial charge in [0.05, 0.1) is 29.6 Å². The van der Waals surface area contributed by atoms with Gasteiger partial charge in [-0.1, -0.05) is 53.7 Å². The normalized spacial score (nSPS) is 14.6. The van der Waals surface area contributed by atoms with Crippen LogP contribution in [0.25, 0.3) is 0 Å². The molecule has 7 heteroatoms. The number of anilines is 1. The Bertz CT molecular complexity index is 952. The molecule has 0 saturated carbocycles. The smallest absolute Gasteiger partial charge is 0.265 e. The van der Waals surface area contributed by atoms with Gasteiger partial charge in [-0.25, -0.2) is 0 Å². The lowest BCUT2D eigenvalue weighted by Gasteiger charge is -2.30. The zero-order valence-corrected chi connectivity index (χ0v) is 15.9. The third-order valence-corrected chi connectivity index (χ3v) is 5.36. The number of nitrogens with zero attached hydrogens (tertiary/aromatic N) is 2. The quantitative estimate of drug-likeness (QED) is 0.613. The molecule has 2 amide bonds. The van der Waals surface area contributed by atoms with Gasteiger partial charge in [0.1, 0.15) is 0 Å². The number of benzene rings is 2. The van der Waals surface area contributed by atoms with Crippen LogP contribution in [0.4, 0.5) is 5.69 Å². The first-order valence-electron chi connectivity index (χ1n) is 8.29. The predicted molar refractivity (Wildman–Crippen MR) is 106 cm³/mol. The molecule has 0 bridgehead atoms. The lowest BCUT2D eigenvalue weighted by atomic mass is 10.1. The molecular weight excluding hydrogens is 382 g/mol. The van der Waals surface area contributed by atoms with Crippen molar-refractivity contribution in [2.45, 2.75) is 17.9 Å². The lowest BCUT2D eigenvalue weighted by molar-refractivity contribution is -0.118. The van der Waals surface area contributed by atoms with Gasteiger partial charge in [0.15, 0.2) is 0 Å². The zero-order valence-electron chi connectivity index (χ0n) is 14.3. The van der Waals surface area contributed by atoms with Gasteiger partial charge >= 0.3 is 0 Å². The van der Waals surface area contributed by atoms with Crippen LogP contribution in [0.2, 0.25) is 5.02 Å². The Hall–Kier alpha value is -2.75. The van der Waals surface area contributed by atoms with E-state index in [0.717, 1.165) is 16.1 Å². The summed E-state index contributed by atoms with van der Waals surface area (Å²) in [6.07, 6.45) is 1.51. The Morgan fingerprint density at radius 1 is 1.22 bits per heavy atom. The number of halogens is 1. The van der Waals surface area contributed by atoms with Crippen molar-refractivity contribution in [2.24, 2.45) is 0 Å². The van der Waals surface area contributed by atoms with Gasteiger partial charge in [-0.2, -0.15) is 5.26 Å². The molecule has 0 saturated heterocycles. The minimum absolute atomic E-state index is 0.220. The van der Waals surface area contributed by atoms with E-state index < -0.39 is 5.91 Å². The van der Waals surface area contributed by atoms with Gasteiger partial charge in [0.25, 0.3) is 5.91 Å². The molecule has 2 aromatic rings. The van der Waals surface area contributed by atoms with Crippen molar-refractivity contribution in [1.29, 1.82) is 5.26 Å². The number of fused-ring (bicyclic) bond motifs is 1. The molecule has 0 unspecified atom stereocenters. The summed E-state index contributed by atoms with van der Waals surface area (Å²) in [7, 11) is 0. The van der Waals surface area contributed by atoms with Gasteiger partial charge in [0, 0.05) is 22.5 Å². The summed E-state index contributed by atoms with van der Waals surface area (Å²) in [5, 5.41) is 11.7. The highest BCUT2D eigenvalue weighted by Gasteiger charge is 2.30. The van der Waals surface area contributed by atoms with E-state index in [2.05, 4.69) is 5.32 Å². The fraction of sp³-hybridized carbons (Fsp3) is 0.150. The van der Waals surface area contributed by atoms with Crippen LogP contribution in [0, 0.1) is 11.3 Å². The number of carbonyl (C=O) groups excluding carboxylic acids is 2. The molecule has 5 nitrogen and oxygen atoms in total. The number of thioether (sulfide) groups is 1. The SMILES string of the molecule is N#CCCNC(=O)/C=C1/Sc2ccccc2N(Cc2ccccc2Cl)C1=O. The molecule has 136 valence electrons. The highest BCUT2D eigenvalue weighted by Crippen LogP contribution is 2.42. The topological polar surface area (TPSA) is 73.2 Å². The standard InChI is InChI=1S/C20H16ClN3O2S/c21-15-7-2-1-6-14(15)13-24-16-8-3-4-9-17(16)27-18(20(24)26)12-19(25)23-11-5-10-22/h1-4,6-9,12H,5,11,13H2,(H,23,25)/b18-12+. The van der Waals surface area contributed by atoms with Crippen molar-refractivity contribution >= 4 is 40.9 Å². The van der Waals surface area contributed by atoms with Crippen molar-refractivity contribution in [2.75, 3.05) is 11.4 Å². The number of hydrogen-bond acceptors (Lipinski definition) is 4. The first-order valence-corrected chi connectivity index (χ1v) is 9.48. The van der Waals surface area contributed by atoms with Gasteiger partial charge < -0.3 is 10.2 Å². The number of carbonyl (C=O) groups is 2. The zero-order chi connectivity index (χ0) is 19.2. The Kier molecular flexibility index (Phi) is 6.17. The van der Waals surface area contributed by atoms with Crippen molar-refractivity contribution in [3.8, 4) is 6.07 Å². The number of amides is 2. The summed E-state index contributed by atoms with van der Waals surface area (Å²) >= 11 is 7.52. The number of rotatable bonds is 5. The van der Waals surface area contributed by atoms with E-state index in [-0.39, 0.29) is 18.9 Å². The molecule has 1 aliphatic rings. The van der Waals surface area contributed by atoms with Crippen LogP contribution in [0.1, 0.15) is 12.0 Å². The minimum atomic E-state index is -0.391. The highest BCUT2D eigenvalue weighted by molar-refractivity contribution is 8.04. The fourth-order valence-corrected chi connectivity index (χ4v) is 3.85. The van der Waals surface area contributed by atoms with E-state index in [1.807, 2.05) is 48.5 Å². The number of para-hydroxylation sites is 1. The first-order chi connectivity index (χ1) is 13.1. The van der Waals surface area contributed by atoms with E-state index >= 15 is 0 Å². The van der Waals surface area contributed by atoms with Gasteiger partial charge in [-0.3, -0.25) is 9.59 Å². The molecule has 0 radical (unpaired) electrons. The van der Waals surface area contributed by atoms with Crippen molar-refractivity contribution in [3.63, 3.8) is 0 Å². The Morgan fingerprint density at radius 3 is 2.74 bits per heavy atom. The van der Waals surface area contributed by atoms with Crippen molar-refractivity contribution in [1.82, 2.24) is 5.32 Å². The average Bonchev–Trinajstić information content (AvgIpc) is 2.67. The maximum atomic E-state index is 13.0. The van der Waals surface area contributed by atoms with Crippen LogP contribution in [-0.2, 0) is 16.1 Å². The second-order valence-electron chi connectivity index (χ2n) is 5.76. The maximum Gasteiger partial charge on any atom is 0.265 e. The Balaban J connectivity index is 1.90. The van der Waals surface area contributed by atoms with Gasteiger partial charge in [0.2, 0.25) is 5.91 Å². The van der Waals surface area contributed by atoms with E-state index in [1.54, 1.807) is 11.0 Å². The second-order valence-corrected chi connectivity index (χ2v) is 7.25. The molecule has 0 aromatic heterocycles. The minimum Gasteiger partial charge on any atom is -0.351 e. The summed E-state index contributed by atoms with van der Waals surface area (Å²) < 4.78 is 0. The van der Waals surface area contributed by atoms with Gasteiger partial charge in [-0.05, 0) is 23.8 Å². The summed E-state index contributed by atoms with van der Waals surface area (Å²) in [6, 6.07) is 16.9. The molecule has 0 aliphatic carbocycles. The maximum absolute atomic E-state index is 13.0. The van der Waals surface area contributed by atoms with E-state index in [9.17, 15) is 9.59 Å². The van der Waals surface area contributed by atoms with Crippen LogP contribution in [0.3, 0.4) is 0 Å². The predicted octanol–water partition coefficient (Wildman–Crippen LogP) is 3.89. The van der Waals surface area contributed by atoms with E-state index in [0.29, 0.717) is 16.5 Å². The molecule has 1 heterocycles. The largest absolute Gasteiger partial charge is 0.351 e. The van der Waals surface area contributed by atoms with Crippen LogP contribution >= 0.6 is 23.4 Å². The monoisotopic (exact) mass is 397 g/mol. The Morgan fingerprint density at radius 2 is 1.96 bits per heavy atom. The van der Waals surface area contributed by atoms with E-state index in [4.69, 9.17) is 16.9 Å². The first kappa shape index (κ1) is 19.0. The summed E-state index contributed by atoms with van der Waals surface area (Å²) in [4.78, 5) is 27.9. The number of nitriles is 1. The number of hydrogen-bond donors (Lipinski definition) is 1. The third kappa shape index (κ3) is 4.51. The molecule has 0 atom stereocenters. The third-order valence-electron chi connectivity index (χ3n) is 3.92. The van der Waals surface area contributed by atoms with Gasteiger partial charge in [-0.15, -0.1) is 0 Å². The molecule has 0 spiro atoms.